The zero-order chi connectivity index (χ0) is 17.1. The number of benzene rings is 1. The van der Waals surface area contributed by atoms with Gasteiger partial charge in [-0.2, -0.15) is 0 Å². The van der Waals surface area contributed by atoms with Crippen molar-refractivity contribution in [3.63, 3.8) is 0 Å². The molecule has 2 heterocycles. The van der Waals surface area contributed by atoms with Gasteiger partial charge in [0.2, 0.25) is 5.91 Å². The van der Waals surface area contributed by atoms with Crippen molar-refractivity contribution >= 4 is 28.3 Å². The summed E-state index contributed by atoms with van der Waals surface area (Å²) in [4.78, 5) is 28.6. The number of hydrogen-bond acceptors (Lipinski definition) is 4. The van der Waals surface area contributed by atoms with Crippen molar-refractivity contribution in [3.05, 3.63) is 36.0 Å². The Bertz CT molecular complexity index is 744. The Morgan fingerprint density at radius 3 is 2.79 bits per heavy atom. The molecule has 3 amide bonds. The minimum Gasteiger partial charge on any atom is -0.354 e. The molecular formula is C17H20N4O2S. The normalized spacial score (nSPS) is 20.3. The van der Waals surface area contributed by atoms with Gasteiger partial charge in [0.15, 0.2) is 0 Å². The first-order valence-corrected chi connectivity index (χ1v) is 8.74. The molecular weight excluding hydrogens is 324 g/mol. The molecule has 7 heteroatoms. The van der Waals surface area contributed by atoms with E-state index in [1.54, 1.807) is 0 Å². The number of hydrogen-bond donors (Lipinski definition) is 3. The van der Waals surface area contributed by atoms with Gasteiger partial charge in [0.05, 0.1) is 5.69 Å². The summed E-state index contributed by atoms with van der Waals surface area (Å²) in [7, 11) is 0. The Kier molecular flexibility index (Phi) is 4.80. The van der Waals surface area contributed by atoms with Crippen LogP contribution in [0.15, 0.2) is 30.3 Å². The number of aromatic nitrogens is 1. The van der Waals surface area contributed by atoms with Gasteiger partial charge in [-0.1, -0.05) is 48.6 Å². The fourth-order valence-corrected chi connectivity index (χ4v) is 3.63. The van der Waals surface area contributed by atoms with Crippen molar-refractivity contribution < 1.29 is 9.59 Å². The lowest BCUT2D eigenvalue weighted by Gasteiger charge is -2.28. The summed E-state index contributed by atoms with van der Waals surface area (Å²) in [5.74, 6) is -0.0122. The number of carbonyl (C=O) groups is 2. The van der Waals surface area contributed by atoms with E-state index in [9.17, 15) is 9.59 Å². The molecule has 6 nitrogen and oxygen atoms in total. The Labute approximate surface area is 144 Å². The predicted molar refractivity (Wildman–Crippen MR) is 95.0 cm³/mol. The van der Waals surface area contributed by atoms with Crippen LogP contribution in [0.1, 0.15) is 19.0 Å². The first-order valence-electron chi connectivity index (χ1n) is 7.92. The quantitative estimate of drug-likeness (QED) is 0.800. The number of nitrogens with one attached hydrogen (secondary N) is 3. The molecule has 0 unspecified atom stereocenters. The SMILES string of the molecule is Cc1nc(-c2ccccc2)sc1NC(=O)N[C@H]1C(=O)NCC[C@H]1C. The van der Waals surface area contributed by atoms with Crippen LogP contribution in [-0.4, -0.2) is 29.5 Å². The van der Waals surface area contributed by atoms with E-state index in [-0.39, 0.29) is 17.9 Å². The van der Waals surface area contributed by atoms with Crippen molar-refractivity contribution in [2.45, 2.75) is 26.3 Å². The molecule has 0 saturated carbocycles. The molecule has 0 radical (unpaired) electrons. The molecule has 2 aromatic rings. The highest BCUT2D eigenvalue weighted by Gasteiger charge is 2.30. The number of thiazole rings is 1. The van der Waals surface area contributed by atoms with Crippen LogP contribution in [0.4, 0.5) is 9.80 Å². The molecule has 126 valence electrons. The van der Waals surface area contributed by atoms with E-state index in [1.165, 1.54) is 11.3 Å². The van der Waals surface area contributed by atoms with Crippen molar-refractivity contribution in [2.24, 2.45) is 5.92 Å². The van der Waals surface area contributed by atoms with Crippen molar-refractivity contribution in [3.8, 4) is 10.6 Å². The predicted octanol–water partition coefficient (Wildman–Crippen LogP) is 2.76. The highest BCUT2D eigenvalue weighted by molar-refractivity contribution is 7.19. The molecule has 1 aliphatic rings. The molecule has 3 rings (SSSR count). The fraction of sp³-hybridized carbons (Fsp3) is 0.353. The molecule has 1 fully saturated rings. The second-order valence-electron chi connectivity index (χ2n) is 5.93. The standard InChI is InChI=1S/C17H20N4O2S/c1-10-8-9-18-14(22)13(10)20-17(23)21-15-11(2)19-16(24-15)12-6-4-3-5-7-12/h3-7,10,13H,8-9H2,1-2H3,(H,18,22)(H2,20,21,23)/t10-,13-/m1/s1. The maximum atomic E-state index is 12.2. The lowest BCUT2D eigenvalue weighted by atomic mass is 9.94. The van der Waals surface area contributed by atoms with E-state index >= 15 is 0 Å². The first kappa shape index (κ1) is 16.4. The monoisotopic (exact) mass is 344 g/mol. The maximum absolute atomic E-state index is 12.2. The molecule has 0 aliphatic carbocycles. The van der Waals surface area contributed by atoms with Gasteiger partial charge < -0.3 is 10.6 Å². The second kappa shape index (κ2) is 7.00. The van der Waals surface area contributed by atoms with Crippen LogP contribution in [0, 0.1) is 12.8 Å². The minimum absolute atomic E-state index is 0.118. The van der Waals surface area contributed by atoms with Gasteiger partial charge in [-0.15, -0.1) is 0 Å². The molecule has 3 N–H and O–H groups in total. The van der Waals surface area contributed by atoms with Crippen LogP contribution in [0.2, 0.25) is 0 Å². The van der Waals surface area contributed by atoms with Crippen LogP contribution in [-0.2, 0) is 4.79 Å². The number of rotatable bonds is 3. The number of amides is 3. The van der Waals surface area contributed by atoms with Crippen LogP contribution in [0.5, 0.6) is 0 Å². The van der Waals surface area contributed by atoms with Gasteiger partial charge in [0, 0.05) is 12.1 Å². The van der Waals surface area contributed by atoms with Gasteiger partial charge in [-0.05, 0) is 19.3 Å². The Morgan fingerprint density at radius 2 is 2.08 bits per heavy atom. The Hall–Kier alpha value is -2.41. The summed E-state index contributed by atoms with van der Waals surface area (Å²) in [5, 5.41) is 9.90. The molecule has 1 saturated heterocycles. The average molecular weight is 344 g/mol. The summed E-state index contributed by atoms with van der Waals surface area (Å²) >= 11 is 1.42. The average Bonchev–Trinajstić information content (AvgIpc) is 2.93. The largest absolute Gasteiger partial charge is 0.354 e. The van der Waals surface area contributed by atoms with E-state index in [1.807, 2.05) is 44.2 Å². The van der Waals surface area contributed by atoms with Gasteiger partial charge >= 0.3 is 6.03 Å². The van der Waals surface area contributed by atoms with Gasteiger partial charge in [-0.25, -0.2) is 9.78 Å². The van der Waals surface area contributed by atoms with Crippen LogP contribution in [0.25, 0.3) is 10.6 Å². The molecule has 24 heavy (non-hydrogen) atoms. The highest BCUT2D eigenvalue weighted by Crippen LogP contribution is 2.31. The van der Waals surface area contributed by atoms with E-state index in [4.69, 9.17) is 0 Å². The Morgan fingerprint density at radius 1 is 1.33 bits per heavy atom. The number of carbonyl (C=O) groups excluding carboxylic acids is 2. The fourth-order valence-electron chi connectivity index (χ4n) is 2.66. The smallest absolute Gasteiger partial charge is 0.320 e. The molecule has 0 bridgehead atoms. The molecule has 1 aromatic carbocycles. The van der Waals surface area contributed by atoms with Crippen LogP contribution >= 0.6 is 11.3 Å². The number of urea groups is 1. The van der Waals surface area contributed by atoms with E-state index in [2.05, 4.69) is 20.9 Å². The third-order valence-electron chi connectivity index (χ3n) is 4.08. The highest BCUT2D eigenvalue weighted by atomic mass is 32.1. The van der Waals surface area contributed by atoms with Crippen molar-refractivity contribution in [2.75, 3.05) is 11.9 Å². The molecule has 0 spiro atoms. The van der Waals surface area contributed by atoms with Gasteiger partial charge in [0.1, 0.15) is 16.1 Å². The summed E-state index contributed by atoms with van der Waals surface area (Å²) in [5.41, 5.74) is 1.77. The Balaban J connectivity index is 1.68. The summed E-state index contributed by atoms with van der Waals surface area (Å²) in [6, 6.07) is 8.94. The maximum Gasteiger partial charge on any atom is 0.320 e. The molecule has 1 aliphatic heterocycles. The lowest BCUT2D eigenvalue weighted by molar-refractivity contribution is -0.125. The van der Waals surface area contributed by atoms with Crippen LogP contribution < -0.4 is 16.0 Å². The third-order valence-corrected chi connectivity index (χ3v) is 5.20. The number of aryl methyl sites for hydroxylation is 1. The van der Waals surface area contributed by atoms with Crippen molar-refractivity contribution in [1.82, 2.24) is 15.6 Å². The number of nitrogens with zero attached hydrogens (tertiary/aromatic N) is 1. The number of piperidine rings is 1. The van der Waals surface area contributed by atoms with E-state index in [0.29, 0.717) is 11.5 Å². The number of anilines is 1. The van der Waals surface area contributed by atoms with Gasteiger partial charge in [0.25, 0.3) is 0 Å². The first-order chi connectivity index (χ1) is 11.5. The second-order valence-corrected chi connectivity index (χ2v) is 6.93. The van der Waals surface area contributed by atoms with E-state index in [0.717, 1.165) is 22.7 Å². The topological polar surface area (TPSA) is 83.1 Å². The van der Waals surface area contributed by atoms with Gasteiger partial charge in [-0.3, -0.25) is 10.1 Å². The summed E-state index contributed by atoms with van der Waals surface area (Å²) in [6.45, 7) is 4.48. The lowest BCUT2D eigenvalue weighted by Crippen LogP contribution is -2.55. The molecule has 1 aromatic heterocycles. The zero-order valence-corrected chi connectivity index (χ0v) is 14.4. The summed E-state index contributed by atoms with van der Waals surface area (Å²) < 4.78 is 0. The van der Waals surface area contributed by atoms with Crippen molar-refractivity contribution in [1.29, 1.82) is 0 Å². The minimum atomic E-state index is -0.499. The van der Waals surface area contributed by atoms with E-state index < -0.39 is 6.04 Å². The van der Waals surface area contributed by atoms with Crippen LogP contribution in [0.3, 0.4) is 0 Å². The third kappa shape index (κ3) is 3.56. The zero-order valence-electron chi connectivity index (χ0n) is 13.6. The molecule has 2 atom stereocenters. The summed E-state index contributed by atoms with van der Waals surface area (Å²) in [6.07, 6.45) is 0.856.